The van der Waals surface area contributed by atoms with E-state index in [1.165, 1.54) is 0 Å². The van der Waals surface area contributed by atoms with Gasteiger partial charge in [-0.25, -0.2) is 9.97 Å². The molecule has 0 saturated carbocycles. The molecular formula is C13H21BrN4S. The van der Waals surface area contributed by atoms with E-state index in [1.54, 1.807) is 6.33 Å². The van der Waals surface area contributed by atoms with Gasteiger partial charge in [-0.1, -0.05) is 13.8 Å². The first-order valence-corrected chi connectivity index (χ1v) is 8.62. The van der Waals surface area contributed by atoms with Gasteiger partial charge in [0.15, 0.2) is 0 Å². The van der Waals surface area contributed by atoms with Crippen molar-refractivity contribution in [2.75, 3.05) is 29.1 Å². The molecule has 1 aromatic heterocycles. The fraction of sp³-hybridized carbons (Fsp3) is 0.692. The molecule has 1 aromatic rings. The number of nitrogens with one attached hydrogen (secondary N) is 1. The molecule has 2 unspecified atom stereocenters. The van der Waals surface area contributed by atoms with Crippen LogP contribution in [0.25, 0.3) is 0 Å². The minimum absolute atomic E-state index is 0.490. The van der Waals surface area contributed by atoms with Gasteiger partial charge in [-0.05, 0) is 29.3 Å². The van der Waals surface area contributed by atoms with Gasteiger partial charge in [0.05, 0.1) is 0 Å². The molecule has 1 aliphatic rings. The number of hydrogen-bond donors (Lipinski definition) is 1. The van der Waals surface area contributed by atoms with Crippen LogP contribution >= 0.6 is 27.7 Å². The lowest BCUT2D eigenvalue weighted by atomic mass is 10.2. The van der Waals surface area contributed by atoms with Crippen molar-refractivity contribution in [2.24, 2.45) is 0 Å². The fourth-order valence-electron chi connectivity index (χ4n) is 2.16. The zero-order valence-corrected chi connectivity index (χ0v) is 14.1. The lowest BCUT2D eigenvalue weighted by molar-refractivity contribution is 0.618. The Morgan fingerprint density at radius 1 is 1.47 bits per heavy atom. The Labute approximate surface area is 127 Å². The molecule has 0 spiro atoms. The van der Waals surface area contributed by atoms with E-state index in [9.17, 15) is 0 Å². The molecule has 6 heteroatoms. The van der Waals surface area contributed by atoms with Crippen LogP contribution in [0.2, 0.25) is 0 Å². The van der Waals surface area contributed by atoms with Crippen LogP contribution in [0.4, 0.5) is 11.6 Å². The van der Waals surface area contributed by atoms with Gasteiger partial charge in [0.1, 0.15) is 22.4 Å². The average molecular weight is 345 g/mol. The van der Waals surface area contributed by atoms with Gasteiger partial charge in [0.25, 0.3) is 0 Å². The van der Waals surface area contributed by atoms with Crippen LogP contribution in [-0.2, 0) is 0 Å². The van der Waals surface area contributed by atoms with Crippen molar-refractivity contribution in [3.05, 3.63) is 10.8 Å². The second-order valence-corrected chi connectivity index (χ2v) is 7.07. The van der Waals surface area contributed by atoms with Crippen LogP contribution in [0.5, 0.6) is 0 Å². The number of aromatic nitrogens is 2. The molecule has 106 valence electrons. The lowest BCUT2D eigenvalue weighted by Crippen LogP contribution is -2.45. The highest BCUT2D eigenvalue weighted by Crippen LogP contribution is 2.34. The Morgan fingerprint density at radius 2 is 2.26 bits per heavy atom. The van der Waals surface area contributed by atoms with Crippen LogP contribution in [-0.4, -0.2) is 40.1 Å². The topological polar surface area (TPSA) is 41.1 Å². The maximum absolute atomic E-state index is 4.47. The number of anilines is 2. The number of nitrogens with zero attached hydrogens (tertiary/aromatic N) is 3. The summed E-state index contributed by atoms with van der Waals surface area (Å²) in [6, 6.07) is 0.490. The monoisotopic (exact) mass is 344 g/mol. The molecule has 1 N–H and O–H groups in total. The van der Waals surface area contributed by atoms with Crippen molar-refractivity contribution in [2.45, 2.75) is 38.5 Å². The first-order valence-electron chi connectivity index (χ1n) is 6.77. The van der Waals surface area contributed by atoms with E-state index in [2.05, 4.69) is 56.9 Å². The van der Waals surface area contributed by atoms with E-state index in [0.29, 0.717) is 11.3 Å². The minimum Gasteiger partial charge on any atom is -0.369 e. The third kappa shape index (κ3) is 3.34. The van der Waals surface area contributed by atoms with Crippen molar-refractivity contribution in [3.63, 3.8) is 0 Å². The fourth-order valence-corrected chi connectivity index (χ4v) is 3.83. The van der Waals surface area contributed by atoms with Gasteiger partial charge in [-0.15, -0.1) is 0 Å². The Hall–Kier alpha value is -0.490. The van der Waals surface area contributed by atoms with Gasteiger partial charge in [0.2, 0.25) is 0 Å². The molecule has 0 bridgehead atoms. The Balaban J connectivity index is 2.24. The van der Waals surface area contributed by atoms with E-state index in [1.807, 2.05) is 11.8 Å². The highest BCUT2D eigenvalue weighted by molar-refractivity contribution is 9.10. The summed E-state index contributed by atoms with van der Waals surface area (Å²) in [6.45, 7) is 8.67. The molecule has 1 fully saturated rings. The minimum atomic E-state index is 0.490. The second-order valence-electron chi connectivity index (χ2n) is 4.80. The van der Waals surface area contributed by atoms with E-state index in [4.69, 9.17) is 0 Å². The first kappa shape index (κ1) is 14.9. The Kier molecular flexibility index (Phi) is 5.33. The summed E-state index contributed by atoms with van der Waals surface area (Å²) in [6.07, 6.45) is 2.73. The molecule has 0 aliphatic carbocycles. The Bertz CT molecular complexity index is 429. The molecule has 2 rings (SSSR count). The lowest BCUT2D eigenvalue weighted by Gasteiger charge is -2.38. The first-order chi connectivity index (χ1) is 9.15. The molecule has 1 saturated heterocycles. The quantitative estimate of drug-likeness (QED) is 0.906. The normalized spacial score (nSPS) is 23.5. The van der Waals surface area contributed by atoms with E-state index < -0.39 is 0 Å². The summed E-state index contributed by atoms with van der Waals surface area (Å²) >= 11 is 5.69. The maximum atomic E-state index is 4.47. The standard InChI is InChI=1S/C13H21BrN4S/c1-4-5-15-12-11(14)13(17-8-16-12)18-6-7-19-10(3)9(18)2/h8-10H,4-7H2,1-3H3,(H,15,16,17). The molecule has 1 aliphatic heterocycles. The number of hydrogen-bond acceptors (Lipinski definition) is 5. The third-order valence-corrected chi connectivity index (χ3v) is 5.54. The molecule has 2 atom stereocenters. The number of halogens is 1. The van der Waals surface area contributed by atoms with Gasteiger partial charge in [-0.3, -0.25) is 0 Å². The number of rotatable bonds is 4. The van der Waals surface area contributed by atoms with Gasteiger partial charge < -0.3 is 10.2 Å². The van der Waals surface area contributed by atoms with Crippen molar-refractivity contribution >= 4 is 39.3 Å². The van der Waals surface area contributed by atoms with Crippen molar-refractivity contribution < 1.29 is 0 Å². The van der Waals surface area contributed by atoms with E-state index >= 15 is 0 Å². The smallest absolute Gasteiger partial charge is 0.148 e. The van der Waals surface area contributed by atoms with Crippen LogP contribution in [0.15, 0.2) is 10.8 Å². The van der Waals surface area contributed by atoms with Gasteiger partial charge in [0, 0.05) is 30.1 Å². The van der Waals surface area contributed by atoms with Crippen LogP contribution < -0.4 is 10.2 Å². The zero-order chi connectivity index (χ0) is 13.8. The maximum Gasteiger partial charge on any atom is 0.148 e. The molecule has 0 amide bonds. The van der Waals surface area contributed by atoms with Crippen molar-refractivity contribution in [1.29, 1.82) is 0 Å². The number of thioether (sulfide) groups is 1. The summed E-state index contributed by atoms with van der Waals surface area (Å²) < 4.78 is 0.981. The summed E-state index contributed by atoms with van der Waals surface area (Å²) in [4.78, 5) is 11.2. The van der Waals surface area contributed by atoms with E-state index in [-0.39, 0.29) is 0 Å². The molecule has 19 heavy (non-hydrogen) atoms. The third-order valence-electron chi connectivity index (χ3n) is 3.47. The zero-order valence-electron chi connectivity index (χ0n) is 11.7. The van der Waals surface area contributed by atoms with Crippen LogP contribution in [0, 0.1) is 0 Å². The predicted molar refractivity (Wildman–Crippen MR) is 87.2 cm³/mol. The molecule has 0 radical (unpaired) electrons. The van der Waals surface area contributed by atoms with E-state index in [0.717, 1.165) is 41.4 Å². The molecule has 4 nitrogen and oxygen atoms in total. The summed E-state index contributed by atoms with van der Waals surface area (Å²) in [5.74, 6) is 3.05. The van der Waals surface area contributed by atoms with Crippen LogP contribution in [0.3, 0.4) is 0 Å². The van der Waals surface area contributed by atoms with Crippen LogP contribution in [0.1, 0.15) is 27.2 Å². The average Bonchev–Trinajstić information content (AvgIpc) is 2.41. The second kappa shape index (κ2) is 6.79. The summed E-state index contributed by atoms with van der Waals surface area (Å²) in [5, 5.41) is 3.97. The van der Waals surface area contributed by atoms with Crippen molar-refractivity contribution in [3.8, 4) is 0 Å². The summed E-state index contributed by atoms with van der Waals surface area (Å²) in [5.41, 5.74) is 0. The SMILES string of the molecule is CCCNc1ncnc(N2CCSC(C)C2C)c1Br. The highest BCUT2D eigenvalue weighted by atomic mass is 79.9. The van der Waals surface area contributed by atoms with Gasteiger partial charge in [-0.2, -0.15) is 11.8 Å². The largest absolute Gasteiger partial charge is 0.369 e. The van der Waals surface area contributed by atoms with Crippen molar-refractivity contribution in [1.82, 2.24) is 9.97 Å². The molecular weight excluding hydrogens is 324 g/mol. The van der Waals surface area contributed by atoms with Gasteiger partial charge >= 0.3 is 0 Å². The summed E-state index contributed by atoms with van der Waals surface area (Å²) in [7, 11) is 0. The molecule has 0 aromatic carbocycles. The Morgan fingerprint density at radius 3 is 3.00 bits per heavy atom. The highest BCUT2D eigenvalue weighted by Gasteiger charge is 2.28. The predicted octanol–water partition coefficient (Wildman–Crippen LogP) is 3.39. The molecule has 2 heterocycles.